The van der Waals surface area contributed by atoms with Crippen LogP contribution in [0.3, 0.4) is 0 Å². The molecule has 2 aromatic heterocycles. The van der Waals surface area contributed by atoms with E-state index in [9.17, 15) is 13.6 Å². The Morgan fingerprint density at radius 2 is 2.10 bits per heavy atom. The molecule has 0 bridgehead atoms. The fraction of sp³-hybridized carbons (Fsp3) is 0.350. The van der Waals surface area contributed by atoms with Gasteiger partial charge in [0.2, 0.25) is 5.78 Å². The van der Waals surface area contributed by atoms with Crippen molar-refractivity contribution in [3.63, 3.8) is 0 Å². The average Bonchev–Trinajstić information content (AvgIpc) is 3.28. The zero-order chi connectivity index (χ0) is 20.5. The number of fused-ring (bicyclic) bond motifs is 1. The Balaban J connectivity index is 1.59. The summed E-state index contributed by atoms with van der Waals surface area (Å²) in [6.45, 7) is 4.49. The van der Waals surface area contributed by atoms with Crippen molar-refractivity contribution in [2.24, 2.45) is 0 Å². The molecule has 1 fully saturated rings. The molecule has 7 nitrogen and oxygen atoms in total. The molecule has 3 aromatic rings. The van der Waals surface area contributed by atoms with Gasteiger partial charge in [-0.1, -0.05) is 0 Å². The number of alkyl halides is 1. The predicted molar refractivity (Wildman–Crippen MR) is 107 cm³/mol. The average molecular weight is 400 g/mol. The molecule has 29 heavy (non-hydrogen) atoms. The Bertz CT molecular complexity index is 1050. The van der Waals surface area contributed by atoms with Crippen LogP contribution in [0.1, 0.15) is 20.3 Å². The van der Waals surface area contributed by atoms with E-state index in [0.717, 1.165) is 5.69 Å². The lowest BCUT2D eigenvalue weighted by Gasteiger charge is -2.16. The molecule has 2 amide bonds. The molecule has 0 spiro atoms. The lowest BCUT2D eigenvalue weighted by Crippen LogP contribution is -2.33. The second-order valence-electron chi connectivity index (χ2n) is 7.43. The number of urea groups is 1. The summed E-state index contributed by atoms with van der Waals surface area (Å²) in [7, 11) is 0. The van der Waals surface area contributed by atoms with Crippen LogP contribution in [0.15, 0.2) is 36.8 Å². The summed E-state index contributed by atoms with van der Waals surface area (Å²) in [5.41, 5.74) is 1.89. The SMILES string of the molecule is CC(C)Nc1cnc2nc(-c3cc(NC(=O)N4CC[C@@H](F)C4)ccc3F)cn2c1. The molecule has 0 radical (unpaired) electrons. The van der Waals surface area contributed by atoms with Gasteiger partial charge >= 0.3 is 6.03 Å². The molecule has 3 heterocycles. The van der Waals surface area contributed by atoms with Crippen LogP contribution in [-0.2, 0) is 0 Å². The highest BCUT2D eigenvalue weighted by molar-refractivity contribution is 5.90. The molecule has 1 aromatic carbocycles. The van der Waals surface area contributed by atoms with E-state index >= 15 is 0 Å². The van der Waals surface area contributed by atoms with Gasteiger partial charge in [0.1, 0.15) is 12.0 Å². The van der Waals surface area contributed by atoms with E-state index in [0.29, 0.717) is 30.1 Å². The molecule has 9 heteroatoms. The Morgan fingerprint density at radius 3 is 2.83 bits per heavy atom. The second kappa shape index (κ2) is 7.65. The summed E-state index contributed by atoms with van der Waals surface area (Å²) in [5, 5.41) is 5.95. The van der Waals surface area contributed by atoms with Gasteiger partial charge < -0.3 is 15.5 Å². The van der Waals surface area contributed by atoms with Crippen molar-refractivity contribution in [1.82, 2.24) is 19.3 Å². The Hall–Kier alpha value is -3.23. The molecule has 152 valence electrons. The Morgan fingerprint density at radius 1 is 1.28 bits per heavy atom. The number of benzene rings is 1. The molecule has 1 atom stereocenters. The van der Waals surface area contributed by atoms with Crippen LogP contribution in [-0.4, -0.2) is 50.6 Å². The molecule has 1 aliphatic heterocycles. The minimum Gasteiger partial charge on any atom is -0.380 e. The van der Waals surface area contributed by atoms with Crippen LogP contribution >= 0.6 is 0 Å². The number of rotatable bonds is 4. The summed E-state index contributed by atoms with van der Waals surface area (Å²) in [4.78, 5) is 22.4. The molecular weight excluding hydrogens is 378 g/mol. The van der Waals surface area contributed by atoms with Gasteiger partial charge in [-0.05, 0) is 38.5 Å². The van der Waals surface area contributed by atoms with Gasteiger partial charge in [-0.15, -0.1) is 0 Å². The summed E-state index contributed by atoms with van der Waals surface area (Å²) in [6, 6.07) is 4.11. The third-order valence-electron chi connectivity index (χ3n) is 4.68. The maximum Gasteiger partial charge on any atom is 0.321 e. The summed E-state index contributed by atoms with van der Waals surface area (Å²) < 4.78 is 29.5. The van der Waals surface area contributed by atoms with Crippen molar-refractivity contribution in [1.29, 1.82) is 0 Å². The molecule has 0 aliphatic carbocycles. The van der Waals surface area contributed by atoms with Crippen LogP contribution in [0.25, 0.3) is 17.0 Å². The van der Waals surface area contributed by atoms with Gasteiger partial charge in [0.25, 0.3) is 0 Å². The third kappa shape index (κ3) is 4.13. The van der Waals surface area contributed by atoms with Gasteiger partial charge in [-0.25, -0.2) is 23.5 Å². The molecular formula is C20H22F2N6O. The molecule has 0 unspecified atom stereocenters. The first-order chi connectivity index (χ1) is 13.9. The second-order valence-corrected chi connectivity index (χ2v) is 7.43. The number of carbonyl (C=O) groups is 1. The molecule has 1 saturated heterocycles. The van der Waals surface area contributed by atoms with E-state index in [4.69, 9.17) is 0 Å². The van der Waals surface area contributed by atoms with E-state index in [-0.39, 0.29) is 18.2 Å². The monoisotopic (exact) mass is 400 g/mol. The number of likely N-dealkylation sites (tertiary alicyclic amines) is 1. The number of hydrogen-bond donors (Lipinski definition) is 2. The van der Waals surface area contributed by atoms with Crippen molar-refractivity contribution >= 4 is 23.2 Å². The summed E-state index contributed by atoms with van der Waals surface area (Å²) in [6.07, 6.45) is 4.54. The van der Waals surface area contributed by atoms with Gasteiger partial charge in [0.05, 0.1) is 24.1 Å². The number of imidazole rings is 1. The van der Waals surface area contributed by atoms with Crippen LogP contribution < -0.4 is 10.6 Å². The number of amides is 2. The largest absolute Gasteiger partial charge is 0.380 e. The summed E-state index contributed by atoms with van der Waals surface area (Å²) in [5.74, 6) is -0.0221. The number of halogens is 2. The Kier molecular flexibility index (Phi) is 5.04. The number of hydrogen-bond acceptors (Lipinski definition) is 4. The highest BCUT2D eigenvalue weighted by atomic mass is 19.1. The van der Waals surface area contributed by atoms with Gasteiger partial charge in [0, 0.05) is 36.2 Å². The van der Waals surface area contributed by atoms with Crippen LogP contribution in [0.4, 0.5) is 25.0 Å². The number of aromatic nitrogens is 3. The van der Waals surface area contributed by atoms with E-state index in [1.807, 2.05) is 20.0 Å². The van der Waals surface area contributed by atoms with Gasteiger partial charge in [-0.3, -0.25) is 4.40 Å². The smallest absolute Gasteiger partial charge is 0.321 e. The predicted octanol–water partition coefficient (Wildman–Crippen LogP) is 3.93. The maximum absolute atomic E-state index is 14.5. The Labute approximate surface area is 166 Å². The molecule has 0 saturated carbocycles. The zero-order valence-corrected chi connectivity index (χ0v) is 16.2. The van der Waals surface area contributed by atoms with Crippen LogP contribution in [0.2, 0.25) is 0 Å². The maximum atomic E-state index is 14.5. The highest BCUT2D eigenvalue weighted by Gasteiger charge is 2.26. The lowest BCUT2D eigenvalue weighted by atomic mass is 10.1. The zero-order valence-electron chi connectivity index (χ0n) is 16.2. The van der Waals surface area contributed by atoms with Crippen molar-refractivity contribution in [2.75, 3.05) is 23.7 Å². The first-order valence-corrected chi connectivity index (χ1v) is 9.50. The minimum absolute atomic E-state index is 0.0741. The van der Waals surface area contributed by atoms with E-state index in [2.05, 4.69) is 20.6 Å². The fourth-order valence-corrected chi connectivity index (χ4v) is 3.33. The normalized spacial score (nSPS) is 16.6. The third-order valence-corrected chi connectivity index (χ3v) is 4.68. The highest BCUT2D eigenvalue weighted by Crippen LogP contribution is 2.26. The minimum atomic E-state index is -0.995. The van der Waals surface area contributed by atoms with Crippen molar-refractivity contribution in [3.05, 3.63) is 42.6 Å². The van der Waals surface area contributed by atoms with E-state index < -0.39 is 18.0 Å². The number of carbonyl (C=O) groups excluding carboxylic acids is 1. The standard InChI is InChI=1S/C20H22F2N6O/c1-12(2)24-15-8-23-19-26-18(11-28(19)10-15)16-7-14(3-4-17(16)22)25-20(29)27-6-5-13(21)9-27/h3-4,7-8,10-13,24H,5-6,9H2,1-2H3,(H,25,29)/t13-/m1/s1. The fourth-order valence-electron chi connectivity index (χ4n) is 3.33. The molecule has 4 rings (SSSR count). The first-order valence-electron chi connectivity index (χ1n) is 9.50. The quantitative estimate of drug-likeness (QED) is 0.696. The number of nitrogens with zero attached hydrogens (tertiary/aromatic N) is 4. The number of anilines is 2. The van der Waals surface area contributed by atoms with E-state index in [1.165, 1.54) is 23.1 Å². The lowest BCUT2D eigenvalue weighted by molar-refractivity contribution is 0.218. The van der Waals surface area contributed by atoms with Crippen LogP contribution in [0.5, 0.6) is 0 Å². The van der Waals surface area contributed by atoms with Crippen molar-refractivity contribution in [3.8, 4) is 11.3 Å². The van der Waals surface area contributed by atoms with Crippen molar-refractivity contribution < 1.29 is 13.6 Å². The topological polar surface area (TPSA) is 74.6 Å². The number of nitrogens with one attached hydrogen (secondary N) is 2. The first kappa shape index (κ1) is 19.1. The molecule has 2 N–H and O–H groups in total. The summed E-state index contributed by atoms with van der Waals surface area (Å²) >= 11 is 0. The van der Waals surface area contributed by atoms with Crippen molar-refractivity contribution in [2.45, 2.75) is 32.5 Å². The molecule has 1 aliphatic rings. The van der Waals surface area contributed by atoms with Gasteiger partial charge in [-0.2, -0.15) is 0 Å². The van der Waals surface area contributed by atoms with Gasteiger partial charge in [0.15, 0.2) is 0 Å². The van der Waals surface area contributed by atoms with E-state index in [1.54, 1.807) is 16.8 Å². The van der Waals surface area contributed by atoms with Crippen LogP contribution in [0, 0.1) is 5.82 Å².